The van der Waals surface area contributed by atoms with Crippen molar-refractivity contribution >= 4 is 22.5 Å². The monoisotopic (exact) mass is 321 g/mol. The number of carbonyl (C=O) groups excluding carboxylic acids is 1. The zero-order valence-corrected chi connectivity index (χ0v) is 13.9. The number of hydrogen-bond donors (Lipinski definition) is 1. The smallest absolute Gasteiger partial charge is 0.295 e. The van der Waals surface area contributed by atoms with Crippen LogP contribution in [-0.2, 0) is 0 Å². The van der Waals surface area contributed by atoms with Gasteiger partial charge in [0.2, 0.25) is 5.88 Å². The van der Waals surface area contributed by atoms with Crippen molar-refractivity contribution in [3.63, 3.8) is 0 Å². The molecule has 0 bridgehead atoms. The van der Waals surface area contributed by atoms with E-state index in [0.717, 1.165) is 16.5 Å². The first-order valence-electron chi connectivity index (χ1n) is 7.83. The first-order valence-corrected chi connectivity index (χ1v) is 7.83. The molecule has 5 heteroatoms. The molecule has 1 N–H and O–H groups in total. The SMILES string of the molecule is Cc1cccc(C(=O)N=Nc2c(O)n(C(C)C)c3ccccc23)c1. The number of azo groups is 1. The van der Waals surface area contributed by atoms with Gasteiger partial charge in [-0.15, -0.1) is 10.2 Å². The summed E-state index contributed by atoms with van der Waals surface area (Å²) in [7, 11) is 0. The summed E-state index contributed by atoms with van der Waals surface area (Å²) < 4.78 is 1.78. The number of amides is 1. The van der Waals surface area contributed by atoms with Crippen LogP contribution in [0.15, 0.2) is 58.8 Å². The minimum Gasteiger partial charge on any atom is -0.493 e. The molecule has 0 radical (unpaired) electrons. The van der Waals surface area contributed by atoms with Gasteiger partial charge in [0, 0.05) is 17.0 Å². The zero-order valence-electron chi connectivity index (χ0n) is 13.9. The Morgan fingerprint density at radius 2 is 1.88 bits per heavy atom. The molecule has 122 valence electrons. The van der Waals surface area contributed by atoms with Crippen LogP contribution in [-0.4, -0.2) is 15.6 Å². The van der Waals surface area contributed by atoms with Crippen molar-refractivity contribution in [1.29, 1.82) is 0 Å². The Morgan fingerprint density at radius 3 is 2.58 bits per heavy atom. The van der Waals surface area contributed by atoms with E-state index in [1.165, 1.54) is 0 Å². The standard InChI is InChI=1S/C19H19N3O2/c1-12(2)22-16-10-5-4-9-15(16)17(19(22)24)20-21-18(23)14-8-6-7-13(3)11-14/h4-12,24H,1-3H3. The fourth-order valence-corrected chi connectivity index (χ4v) is 2.79. The van der Waals surface area contributed by atoms with E-state index >= 15 is 0 Å². The lowest BCUT2D eigenvalue weighted by Crippen LogP contribution is -1.98. The lowest BCUT2D eigenvalue weighted by molar-refractivity contribution is 0.0995. The average Bonchev–Trinajstić information content (AvgIpc) is 2.84. The third-order valence-corrected chi connectivity index (χ3v) is 3.88. The van der Waals surface area contributed by atoms with Gasteiger partial charge < -0.3 is 9.67 Å². The van der Waals surface area contributed by atoms with E-state index in [2.05, 4.69) is 10.2 Å². The second-order valence-corrected chi connectivity index (χ2v) is 6.03. The molecule has 0 aliphatic rings. The van der Waals surface area contributed by atoms with Crippen molar-refractivity contribution in [2.24, 2.45) is 10.2 Å². The van der Waals surface area contributed by atoms with E-state index in [4.69, 9.17) is 0 Å². The maximum Gasteiger partial charge on any atom is 0.295 e. The maximum atomic E-state index is 12.2. The van der Waals surface area contributed by atoms with E-state index in [1.54, 1.807) is 22.8 Å². The fraction of sp³-hybridized carbons (Fsp3) is 0.211. The highest BCUT2D eigenvalue weighted by Gasteiger charge is 2.18. The Balaban J connectivity index is 2.04. The zero-order chi connectivity index (χ0) is 17.3. The van der Waals surface area contributed by atoms with Gasteiger partial charge in [-0.3, -0.25) is 4.79 Å². The molecule has 0 aliphatic carbocycles. The Morgan fingerprint density at radius 1 is 1.12 bits per heavy atom. The van der Waals surface area contributed by atoms with Crippen LogP contribution in [0.5, 0.6) is 5.88 Å². The summed E-state index contributed by atoms with van der Waals surface area (Å²) in [5, 5.41) is 19.1. The minimum absolute atomic E-state index is 0.0204. The molecule has 0 fully saturated rings. The molecule has 0 saturated heterocycles. The molecule has 0 spiro atoms. The predicted octanol–water partition coefficient (Wildman–Crippen LogP) is 5.16. The number of aryl methyl sites for hydroxylation is 1. The summed E-state index contributed by atoms with van der Waals surface area (Å²) >= 11 is 0. The summed E-state index contributed by atoms with van der Waals surface area (Å²) in [6, 6.07) is 14.8. The molecule has 5 nitrogen and oxygen atoms in total. The number of aromatic nitrogens is 1. The second-order valence-electron chi connectivity index (χ2n) is 6.03. The third-order valence-electron chi connectivity index (χ3n) is 3.88. The topological polar surface area (TPSA) is 66.9 Å². The van der Waals surface area contributed by atoms with Crippen LogP contribution in [0.1, 0.15) is 35.8 Å². The first-order chi connectivity index (χ1) is 11.5. The molecule has 0 saturated carbocycles. The van der Waals surface area contributed by atoms with Gasteiger partial charge in [0.25, 0.3) is 5.91 Å². The van der Waals surface area contributed by atoms with Crippen molar-refractivity contribution in [3.05, 3.63) is 59.7 Å². The molecule has 24 heavy (non-hydrogen) atoms. The number of nitrogens with zero attached hydrogens (tertiary/aromatic N) is 3. The summed E-state index contributed by atoms with van der Waals surface area (Å²) in [5.41, 5.74) is 2.64. The van der Waals surface area contributed by atoms with Gasteiger partial charge in [-0.25, -0.2) is 0 Å². The van der Waals surface area contributed by atoms with Crippen LogP contribution >= 0.6 is 0 Å². The third kappa shape index (κ3) is 2.80. The predicted molar refractivity (Wildman–Crippen MR) is 94.0 cm³/mol. The second kappa shape index (κ2) is 6.28. The molecule has 0 aliphatic heterocycles. The van der Waals surface area contributed by atoms with Crippen molar-refractivity contribution < 1.29 is 9.90 Å². The van der Waals surface area contributed by atoms with Crippen molar-refractivity contribution in [1.82, 2.24) is 4.57 Å². The number of para-hydroxylation sites is 1. The van der Waals surface area contributed by atoms with Gasteiger partial charge in [-0.1, -0.05) is 35.9 Å². The van der Waals surface area contributed by atoms with Crippen LogP contribution in [0.4, 0.5) is 5.69 Å². The highest BCUT2D eigenvalue weighted by atomic mass is 16.3. The molecule has 0 unspecified atom stereocenters. The summed E-state index contributed by atoms with van der Waals surface area (Å²) in [6.45, 7) is 5.87. The van der Waals surface area contributed by atoms with E-state index in [9.17, 15) is 9.90 Å². The Labute approximate surface area is 140 Å². The van der Waals surface area contributed by atoms with Gasteiger partial charge in [-0.2, -0.15) is 0 Å². The highest BCUT2D eigenvalue weighted by molar-refractivity contribution is 5.97. The molecule has 2 aromatic carbocycles. The molecular weight excluding hydrogens is 302 g/mol. The Hall–Kier alpha value is -2.95. The first kappa shape index (κ1) is 15.9. The fourth-order valence-electron chi connectivity index (χ4n) is 2.79. The number of aromatic hydroxyl groups is 1. The summed E-state index contributed by atoms with van der Waals surface area (Å²) in [6.07, 6.45) is 0. The van der Waals surface area contributed by atoms with Crippen molar-refractivity contribution in [2.75, 3.05) is 0 Å². The van der Waals surface area contributed by atoms with Gasteiger partial charge in [0.05, 0.1) is 5.52 Å². The normalized spacial score (nSPS) is 11.7. The largest absolute Gasteiger partial charge is 0.493 e. The lowest BCUT2D eigenvalue weighted by Gasteiger charge is -2.10. The van der Waals surface area contributed by atoms with E-state index in [-0.39, 0.29) is 11.9 Å². The molecule has 3 rings (SSSR count). The van der Waals surface area contributed by atoms with E-state index in [0.29, 0.717) is 11.3 Å². The van der Waals surface area contributed by atoms with E-state index < -0.39 is 5.91 Å². The highest BCUT2D eigenvalue weighted by Crippen LogP contribution is 2.40. The molecular formula is C19H19N3O2. The van der Waals surface area contributed by atoms with E-state index in [1.807, 2.05) is 51.1 Å². The lowest BCUT2D eigenvalue weighted by atomic mass is 10.1. The number of hydrogen-bond acceptors (Lipinski definition) is 3. The molecule has 3 aromatic rings. The van der Waals surface area contributed by atoms with Crippen LogP contribution < -0.4 is 0 Å². The molecule has 1 aromatic heterocycles. The number of carbonyl (C=O) groups is 1. The molecule has 1 amide bonds. The van der Waals surface area contributed by atoms with Crippen LogP contribution in [0.3, 0.4) is 0 Å². The van der Waals surface area contributed by atoms with Crippen LogP contribution in [0.2, 0.25) is 0 Å². The number of rotatable bonds is 3. The Bertz CT molecular complexity index is 939. The van der Waals surface area contributed by atoms with Crippen molar-refractivity contribution in [2.45, 2.75) is 26.8 Å². The maximum absolute atomic E-state index is 12.2. The molecule has 1 heterocycles. The van der Waals surface area contributed by atoms with Crippen LogP contribution in [0, 0.1) is 6.92 Å². The summed E-state index contributed by atoms with van der Waals surface area (Å²) in [4.78, 5) is 12.2. The van der Waals surface area contributed by atoms with Crippen molar-refractivity contribution in [3.8, 4) is 5.88 Å². The number of benzene rings is 2. The van der Waals surface area contributed by atoms with Gasteiger partial charge >= 0.3 is 0 Å². The number of fused-ring (bicyclic) bond motifs is 1. The van der Waals surface area contributed by atoms with Gasteiger partial charge in [-0.05, 0) is 39.0 Å². The average molecular weight is 321 g/mol. The van der Waals surface area contributed by atoms with Gasteiger partial charge in [0.1, 0.15) is 0 Å². The minimum atomic E-state index is -0.431. The summed E-state index contributed by atoms with van der Waals surface area (Å²) in [5.74, 6) is -0.411. The Kier molecular flexibility index (Phi) is 4.16. The van der Waals surface area contributed by atoms with Gasteiger partial charge in [0.15, 0.2) is 5.69 Å². The molecule has 0 atom stereocenters. The van der Waals surface area contributed by atoms with Crippen LogP contribution in [0.25, 0.3) is 10.9 Å². The quantitative estimate of drug-likeness (QED) is 0.677.